The predicted molar refractivity (Wildman–Crippen MR) is 60.2 cm³/mol. The van der Waals surface area contributed by atoms with Crippen molar-refractivity contribution in [2.45, 2.75) is 0 Å². The van der Waals surface area contributed by atoms with Gasteiger partial charge in [-0.2, -0.15) is 4.99 Å². The van der Waals surface area contributed by atoms with E-state index in [0.717, 1.165) is 0 Å². The number of guanidine groups is 2. The van der Waals surface area contributed by atoms with Crippen LogP contribution in [0.1, 0.15) is 0 Å². The van der Waals surface area contributed by atoms with Crippen LogP contribution < -0.4 is 17.2 Å². The van der Waals surface area contributed by atoms with Gasteiger partial charge in [0.1, 0.15) is 16.5 Å². The number of hydrogen-bond acceptors (Lipinski definition) is 2. The average Bonchev–Trinajstić information content (AvgIpc) is 2.18. The van der Waals surface area contributed by atoms with Gasteiger partial charge in [0.15, 0.2) is 11.8 Å². The molecule has 0 atom stereocenters. The molecule has 0 bridgehead atoms. The lowest BCUT2D eigenvalue weighted by molar-refractivity contribution is 0.470. The van der Waals surface area contributed by atoms with Crippen molar-refractivity contribution in [3.8, 4) is 5.75 Å². The third-order valence-electron chi connectivity index (χ3n) is 1.52. The molecule has 0 unspecified atom stereocenters. The molecule has 1 aromatic carbocycles. The van der Waals surface area contributed by atoms with Crippen LogP contribution in [0, 0.1) is 5.82 Å². The van der Waals surface area contributed by atoms with Crippen molar-refractivity contribution in [2.24, 2.45) is 27.2 Å². The molecule has 7 N–H and O–H groups in total. The van der Waals surface area contributed by atoms with Crippen molar-refractivity contribution in [3.63, 3.8) is 0 Å². The maximum atomic E-state index is 13.4. The first-order valence-corrected chi connectivity index (χ1v) is 4.40. The van der Waals surface area contributed by atoms with Crippen LogP contribution in [0.3, 0.4) is 0 Å². The van der Waals surface area contributed by atoms with Gasteiger partial charge in [-0.25, -0.2) is 9.38 Å². The highest BCUT2D eigenvalue weighted by molar-refractivity contribution is 6.32. The highest BCUT2D eigenvalue weighted by Gasteiger charge is 2.10. The number of rotatable bonds is 1. The summed E-state index contributed by atoms with van der Waals surface area (Å²) >= 11 is 5.45. The minimum Gasteiger partial charge on any atom is -0.506 e. The molecular formula is C8H9ClFN5O. The summed E-state index contributed by atoms with van der Waals surface area (Å²) in [6.07, 6.45) is 0. The van der Waals surface area contributed by atoms with Gasteiger partial charge in [0, 0.05) is 0 Å². The molecule has 0 aliphatic heterocycles. The Bertz CT molecular complexity index is 470. The van der Waals surface area contributed by atoms with E-state index in [2.05, 4.69) is 9.98 Å². The second-order valence-electron chi connectivity index (χ2n) is 2.74. The number of phenols is 1. The molecule has 0 fully saturated rings. The first kappa shape index (κ1) is 12.1. The van der Waals surface area contributed by atoms with E-state index < -0.39 is 16.6 Å². The number of halogens is 2. The highest BCUT2D eigenvalue weighted by Crippen LogP contribution is 2.32. The van der Waals surface area contributed by atoms with Gasteiger partial charge in [0.25, 0.3) is 0 Å². The van der Waals surface area contributed by atoms with E-state index in [1.807, 2.05) is 0 Å². The largest absolute Gasteiger partial charge is 0.506 e. The second-order valence-corrected chi connectivity index (χ2v) is 3.12. The first-order chi connectivity index (χ1) is 7.41. The number of nitrogens with zero attached hydrogens (tertiary/aromatic N) is 2. The van der Waals surface area contributed by atoms with Gasteiger partial charge >= 0.3 is 0 Å². The zero-order valence-corrected chi connectivity index (χ0v) is 8.74. The number of hydrogen-bond donors (Lipinski definition) is 4. The van der Waals surface area contributed by atoms with Gasteiger partial charge in [0.2, 0.25) is 5.96 Å². The number of phenolic OH excluding ortho intramolecular Hbond substituents is 1. The molecule has 0 saturated carbocycles. The monoisotopic (exact) mass is 245 g/mol. The van der Waals surface area contributed by atoms with Crippen molar-refractivity contribution in [3.05, 3.63) is 23.0 Å². The Kier molecular flexibility index (Phi) is 3.51. The van der Waals surface area contributed by atoms with Crippen LogP contribution in [-0.4, -0.2) is 17.0 Å². The summed E-state index contributed by atoms with van der Waals surface area (Å²) in [6, 6.07) is 2.36. The Balaban J connectivity index is 3.17. The van der Waals surface area contributed by atoms with Crippen molar-refractivity contribution >= 4 is 29.2 Å². The lowest BCUT2D eigenvalue weighted by Gasteiger charge is -2.01. The van der Waals surface area contributed by atoms with Crippen LogP contribution in [0.2, 0.25) is 5.02 Å². The maximum absolute atomic E-state index is 13.4. The summed E-state index contributed by atoms with van der Waals surface area (Å²) in [5, 5.41) is 8.64. The Morgan fingerprint density at radius 2 is 1.94 bits per heavy atom. The van der Waals surface area contributed by atoms with Gasteiger partial charge in [0.05, 0.1) is 0 Å². The summed E-state index contributed by atoms with van der Waals surface area (Å²) in [4.78, 5) is 6.97. The molecule has 0 heterocycles. The van der Waals surface area contributed by atoms with Crippen molar-refractivity contribution < 1.29 is 9.50 Å². The van der Waals surface area contributed by atoms with E-state index in [1.54, 1.807) is 0 Å². The van der Waals surface area contributed by atoms with Gasteiger partial charge in [-0.3, -0.25) is 0 Å². The molecule has 1 rings (SSSR count). The number of benzene rings is 1. The molecule has 0 radical (unpaired) electrons. The molecule has 16 heavy (non-hydrogen) atoms. The quantitative estimate of drug-likeness (QED) is 0.422. The van der Waals surface area contributed by atoms with E-state index in [4.69, 9.17) is 33.9 Å². The predicted octanol–water partition coefficient (Wildman–Crippen LogP) is 0.404. The summed E-state index contributed by atoms with van der Waals surface area (Å²) < 4.78 is 13.4. The zero-order chi connectivity index (χ0) is 12.3. The van der Waals surface area contributed by atoms with Crippen molar-refractivity contribution in [1.82, 2.24) is 0 Å². The van der Waals surface area contributed by atoms with Crippen molar-refractivity contribution in [1.29, 1.82) is 0 Å². The van der Waals surface area contributed by atoms with Crippen LogP contribution in [-0.2, 0) is 0 Å². The van der Waals surface area contributed by atoms with Crippen LogP contribution in [0.4, 0.5) is 10.1 Å². The molecule has 86 valence electrons. The summed E-state index contributed by atoms with van der Waals surface area (Å²) in [5.74, 6) is -1.92. The number of aliphatic imine (C=N–C) groups is 2. The fourth-order valence-corrected chi connectivity index (χ4v) is 1.06. The lowest BCUT2D eigenvalue weighted by atomic mass is 10.3. The molecule has 8 heteroatoms. The third-order valence-corrected chi connectivity index (χ3v) is 1.88. The topological polar surface area (TPSA) is 123 Å². The van der Waals surface area contributed by atoms with E-state index >= 15 is 0 Å². The minimum absolute atomic E-state index is 0.176. The van der Waals surface area contributed by atoms with Crippen LogP contribution in [0.15, 0.2) is 22.1 Å². The first-order valence-electron chi connectivity index (χ1n) is 4.02. The molecule has 0 aliphatic carbocycles. The van der Waals surface area contributed by atoms with E-state index in [1.165, 1.54) is 12.1 Å². The van der Waals surface area contributed by atoms with Crippen LogP contribution >= 0.6 is 11.6 Å². The Morgan fingerprint density at radius 1 is 1.31 bits per heavy atom. The van der Waals surface area contributed by atoms with Crippen LogP contribution in [0.25, 0.3) is 0 Å². The van der Waals surface area contributed by atoms with E-state index in [9.17, 15) is 4.39 Å². The number of aromatic hydroxyl groups is 1. The van der Waals surface area contributed by atoms with Gasteiger partial charge < -0.3 is 22.3 Å². The smallest absolute Gasteiger partial charge is 0.223 e. The highest BCUT2D eigenvalue weighted by atomic mass is 35.5. The van der Waals surface area contributed by atoms with Gasteiger partial charge in [-0.1, -0.05) is 11.6 Å². The molecule has 0 aromatic heterocycles. The minimum atomic E-state index is -0.907. The standard InChI is InChI=1S/C8H9ClFN5O/c9-5-4(16)2-1-3(6(5)10)14-8(13)15-7(11)12/h1-2,16H,(H6,11,12,13,14,15). The molecule has 0 saturated heterocycles. The Hall–Kier alpha value is -2.02. The molecule has 0 spiro atoms. The normalized spacial score (nSPS) is 11.2. The average molecular weight is 246 g/mol. The maximum Gasteiger partial charge on any atom is 0.223 e. The van der Waals surface area contributed by atoms with E-state index in [-0.39, 0.29) is 17.6 Å². The fraction of sp³-hybridized carbons (Fsp3) is 0. The summed E-state index contributed by atoms with van der Waals surface area (Å²) in [5.41, 5.74) is 15.2. The van der Waals surface area contributed by atoms with Crippen LogP contribution in [0.5, 0.6) is 5.75 Å². The second kappa shape index (κ2) is 4.67. The summed E-state index contributed by atoms with van der Waals surface area (Å²) in [7, 11) is 0. The van der Waals surface area contributed by atoms with Crippen molar-refractivity contribution in [2.75, 3.05) is 0 Å². The molecule has 0 aliphatic rings. The third kappa shape index (κ3) is 2.74. The molecule has 1 aromatic rings. The fourth-order valence-electron chi connectivity index (χ4n) is 0.896. The zero-order valence-electron chi connectivity index (χ0n) is 7.98. The van der Waals surface area contributed by atoms with Gasteiger partial charge in [-0.05, 0) is 12.1 Å². The van der Waals surface area contributed by atoms with Gasteiger partial charge in [-0.15, -0.1) is 0 Å². The lowest BCUT2D eigenvalue weighted by Crippen LogP contribution is -2.26. The molecular weight excluding hydrogens is 237 g/mol. The summed E-state index contributed by atoms with van der Waals surface area (Å²) in [6.45, 7) is 0. The SMILES string of the molecule is NC(N)=NC(N)=Nc1ccc(O)c(Cl)c1F. The molecule has 6 nitrogen and oxygen atoms in total. The van der Waals surface area contributed by atoms with E-state index in [0.29, 0.717) is 0 Å². The number of nitrogens with two attached hydrogens (primary N) is 3. The Labute approximate surface area is 95.2 Å². The molecule has 0 amide bonds. The Morgan fingerprint density at radius 3 is 2.50 bits per heavy atom.